The molecule has 0 aromatic heterocycles. The van der Waals surface area contributed by atoms with Gasteiger partial charge >= 0.3 is 12.1 Å². The van der Waals surface area contributed by atoms with Crippen molar-refractivity contribution in [2.75, 3.05) is 5.75 Å². The van der Waals surface area contributed by atoms with Crippen molar-refractivity contribution >= 4 is 29.7 Å². The zero-order chi connectivity index (χ0) is 17.8. The smallest absolute Gasteiger partial charge is 0.408 e. The molecule has 0 bridgehead atoms. The Hall–Kier alpha value is -2.22. The van der Waals surface area contributed by atoms with Crippen LogP contribution in [-0.4, -0.2) is 51.2 Å². The molecule has 2 saturated heterocycles. The predicted octanol–water partition coefficient (Wildman–Crippen LogP) is 1.82. The molecule has 3 rings (SSSR count). The molecule has 0 saturated carbocycles. The number of ether oxygens (including phenoxy) is 1. The number of amides is 2. The van der Waals surface area contributed by atoms with Gasteiger partial charge in [0.25, 0.3) is 0 Å². The highest BCUT2D eigenvalue weighted by Gasteiger charge is 2.45. The monoisotopic (exact) mass is 364 g/mol. The van der Waals surface area contributed by atoms with Gasteiger partial charge < -0.3 is 20.1 Å². The maximum Gasteiger partial charge on any atom is 0.408 e. The number of fused-ring (bicyclic) bond motifs is 1. The van der Waals surface area contributed by atoms with Crippen LogP contribution >= 0.6 is 11.8 Å². The normalized spacial score (nSPS) is 25.8. The summed E-state index contributed by atoms with van der Waals surface area (Å²) in [6.07, 6.45) is 0.905. The average molecular weight is 364 g/mol. The molecular weight excluding hydrogens is 344 g/mol. The van der Waals surface area contributed by atoms with Crippen LogP contribution < -0.4 is 5.32 Å². The van der Waals surface area contributed by atoms with E-state index < -0.39 is 24.1 Å². The van der Waals surface area contributed by atoms with E-state index in [9.17, 15) is 19.5 Å². The summed E-state index contributed by atoms with van der Waals surface area (Å²) in [5, 5.41) is 11.8. The van der Waals surface area contributed by atoms with Crippen LogP contribution in [0.2, 0.25) is 0 Å². The van der Waals surface area contributed by atoms with Crippen LogP contribution in [0.1, 0.15) is 24.8 Å². The highest BCUT2D eigenvalue weighted by atomic mass is 32.2. The summed E-state index contributed by atoms with van der Waals surface area (Å²) >= 11 is 1.57. The first-order valence-electron chi connectivity index (χ1n) is 8.20. The van der Waals surface area contributed by atoms with Gasteiger partial charge in [-0.05, 0) is 30.6 Å². The quantitative estimate of drug-likeness (QED) is 0.846. The van der Waals surface area contributed by atoms with Crippen molar-refractivity contribution in [3.63, 3.8) is 0 Å². The van der Waals surface area contributed by atoms with Crippen molar-refractivity contribution in [2.45, 2.75) is 43.3 Å². The fraction of sp³-hybridized carbons (Fsp3) is 0.471. The molecule has 1 aromatic carbocycles. The number of alkyl carbamates (subject to hydrolysis) is 1. The Morgan fingerprint density at radius 2 is 2.00 bits per heavy atom. The molecule has 2 aliphatic heterocycles. The Balaban J connectivity index is 1.60. The molecule has 7 nitrogen and oxygen atoms in total. The Labute approximate surface area is 149 Å². The first-order valence-corrected chi connectivity index (χ1v) is 9.25. The fourth-order valence-electron chi connectivity index (χ4n) is 3.15. The van der Waals surface area contributed by atoms with Gasteiger partial charge in [-0.25, -0.2) is 9.59 Å². The number of hydrogen-bond donors (Lipinski definition) is 2. The molecule has 0 aliphatic carbocycles. The van der Waals surface area contributed by atoms with Gasteiger partial charge in [-0.1, -0.05) is 30.3 Å². The molecule has 25 heavy (non-hydrogen) atoms. The number of carbonyl (C=O) groups excluding carboxylic acids is 2. The highest BCUT2D eigenvalue weighted by Crippen LogP contribution is 2.35. The van der Waals surface area contributed by atoms with Crippen LogP contribution in [0.25, 0.3) is 0 Å². The van der Waals surface area contributed by atoms with Crippen LogP contribution in [0, 0.1) is 0 Å². The topological polar surface area (TPSA) is 95.9 Å². The summed E-state index contributed by atoms with van der Waals surface area (Å²) in [6, 6.07) is 7.69. The zero-order valence-corrected chi connectivity index (χ0v) is 14.4. The number of carboxylic acids is 1. The maximum absolute atomic E-state index is 12.7. The molecule has 2 N–H and O–H groups in total. The number of nitrogens with one attached hydrogen (secondary N) is 1. The first-order chi connectivity index (χ1) is 12.1. The van der Waals surface area contributed by atoms with Crippen molar-refractivity contribution in [1.29, 1.82) is 0 Å². The largest absolute Gasteiger partial charge is 0.480 e. The summed E-state index contributed by atoms with van der Waals surface area (Å²) in [5.41, 5.74) is 0.853. The lowest BCUT2D eigenvalue weighted by atomic mass is 10.1. The third-order valence-electron chi connectivity index (χ3n) is 4.39. The van der Waals surface area contributed by atoms with Gasteiger partial charge in [0.1, 0.15) is 18.7 Å². The number of hydrogen-bond acceptors (Lipinski definition) is 5. The molecule has 2 heterocycles. The number of carboxylic acid groups (broad SMARTS) is 1. The summed E-state index contributed by atoms with van der Waals surface area (Å²) in [4.78, 5) is 37.6. The molecule has 2 aliphatic rings. The molecule has 8 heteroatoms. The Bertz CT molecular complexity index is 654. The number of thioether (sulfide) groups is 1. The van der Waals surface area contributed by atoms with Crippen LogP contribution in [0.15, 0.2) is 30.3 Å². The van der Waals surface area contributed by atoms with E-state index in [1.807, 2.05) is 30.3 Å². The molecular formula is C17H20N2O5S. The second kappa shape index (κ2) is 7.77. The standard InChI is InChI=1S/C17H20N2O5S/c20-15-12(18-17(23)24-10-11-4-2-1-3-5-11)8-9-25-14-7-6-13(16(21)22)19(14)15/h1-5,12-14H,6-10H2,(H,18,23)(H,21,22)/t12-,13-,14-/m0/s1. The van der Waals surface area contributed by atoms with Crippen LogP contribution in [0.4, 0.5) is 4.79 Å². The maximum atomic E-state index is 12.7. The molecule has 2 fully saturated rings. The number of carbonyl (C=O) groups is 3. The Morgan fingerprint density at radius 3 is 2.72 bits per heavy atom. The van der Waals surface area contributed by atoms with E-state index in [-0.39, 0.29) is 17.9 Å². The van der Waals surface area contributed by atoms with Gasteiger partial charge in [-0.2, -0.15) is 0 Å². The fourth-order valence-corrected chi connectivity index (χ4v) is 4.51. The number of rotatable bonds is 4. The van der Waals surface area contributed by atoms with Crippen LogP contribution in [-0.2, 0) is 20.9 Å². The van der Waals surface area contributed by atoms with E-state index in [0.717, 1.165) is 5.56 Å². The minimum absolute atomic E-state index is 0.117. The van der Waals surface area contributed by atoms with Crippen molar-refractivity contribution in [1.82, 2.24) is 10.2 Å². The number of nitrogens with zero attached hydrogens (tertiary/aromatic N) is 1. The van der Waals surface area contributed by atoms with Gasteiger partial charge in [0.05, 0.1) is 5.37 Å². The summed E-state index contributed by atoms with van der Waals surface area (Å²) in [7, 11) is 0. The van der Waals surface area contributed by atoms with Crippen molar-refractivity contribution in [3.8, 4) is 0 Å². The highest BCUT2D eigenvalue weighted by molar-refractivity contribution is 7.99. The van der Waals surface area contributed by atoms with Gasteiger partial charge in [-0.3, -0.25) is 4.79 Å². The van der Waals surface area contributed by atoms with E-state index in [0.29, 0.717) is 25.0 Å². The second-order valence-corrected chi connectivity index (χ2v) is 7.34. The van der Waals surface area contributed by atoms with Crippen molar-refractivity contribution in [3.05, 3.63) is 35.9 Å². The van der Waals surface area contributed by atoms with E-state index in [2.05, 4.69) is 5.32 Å². The lowest BCUT2D eigenvalue weighted by Crippen LogP contribution is -2.52. The lowest BCUT2D eigenvalue weighted by molar-refractivity contribution is -0.149. The summed E-state index contributed by atoms with van der Waals surface area (Å²) < 4.78 is 5.16. The third-order valence-corrected chi connectivity index (χ3v) is 5.71. The number of aliphatic carboxylic acids is 1. The minimum Gasteiger partial charge on any atom is -0.480 e. The SMILES string of the molecule is O=C(N[C@H]1CCS[C@H]2CC[C@@H](C(=O)O)N2C1=O)OCc1ccccc1. The van der Waals surface area contributed by atoms with Gasteiger partial charge in [0, 0.05) is 0 Å². The molecule has 0 unspecified atom stereocenters. The molecule has 0 spiro atoms. The van der Waals surface area contributed by atoms with Gasteiger partial charge in [-0.15, -0.1) is 11.8 Å². The summed E-state index contributed by atoms with van der Waals surface area (Å²) in [6.45, 7) is 0.117. The molecule has 0 radical (unpaired) electrons. The molecule has 134 valence electrons. The predicted molar refractivity (Wildman–Crippen MR) is 91.9 cm³/mol. The van der Waals surface area contributed by atoms with E-state index >= 15 is 0 Å². The number of benzene rings is 1. The van der Waals surface area contributed by atoms with E-state index in [1.54, 1.807) is 11.8 Å². The van der Waals surface area contributed by atoms with Crippen molar-refractivity contribution in [2.24, 2.45) is 0 Å². The zero-order valence-electron chi connectivity index (χ0n) is 13.6. The molecule has 2 amide bonds. The lowest BCUT2D eigenvalue weighted by Gasteiger charge is -2.28. The van der Waals surface area contributed by atoms with Gasteiger partial charge in [0.2, 0.25) is 5.91 Å². The van der Waals surface area contributed by atoms with Crippen LogP contribution in [0.5, 0.6) is 0 Å². The van der Waals surface area contributed by atoms with E-state index in [1.165, 1.54) is 4.90 Å². The molecule has 3 atom stereocenters. The first kappa shape index (κ1) is 17.6. The third kappa shape index (κ3) is 4.07. The minimum atomic E-state index is -0.997. The van der Waals surface area contributed by atoms with Crippen LogP contribution in [0.3, 0.4) is 0 Å². The average Bonchev–Trinajstić information content (AvgIpc) is 2.97. The van der Waals surface area contributed by atoms with Gasteiger partial charge in [0.15, 0.2) is 0 Å². The van der Waals surface area contributed by atoms with E-state index in [4.69, 9.17) is 4.74 Å². The Kier molecular flexibility index (Phi) is 5.47. The summed E-state index contributed by atoms with van der Waals surface area (Å²) in [5.74, 6) is -0.650. The van der Waals surface area contributed by atoms with Crippen molar-refractivity contribution < 1.29 is 24.2 Å². The molecule has 1 aromatic rings. The second-order valence-electron chi connectivity index (χ2n) is 6.05. The Morgan fingerprint density at radius 1 is 1.24 bits per heavy atom.